The monoisotopic (exact) mass is 344 g/mol. The number of fused-ring (bicyclic) bond motifs is 1. The number of hydrogen-bond acceptors (Lipinski definition) is 7. The average Bonchev–Trinajstić information content (AvgIpc) is 2.89. The first-order chi connectivity index (χ1) is 12.0. The fourth-order valence-corrected chi connectivity index (χ4v) is 2.65. The summed E-state index contributed by atoms with van der Waals surface area (Å²) in [7, 11) is 2.88. The van der Waals surface area contributed by atoms with E-state index in [1.165, 1.54) is 26.4 Å². The summed E-state index contributed by atoms with van der Waals surface area (Å²) in [6, 6.07) is 7.05. The van der Waals surface area contributed by atoms with Crippen LogP contribution in [-0.2, 0) is 4.74 Å². The lowest BCUT2D eigenvalue weighted by Crippen LogP contribution is -2.11. The average molecular weight is 344 g/mol. The number of methoxy groups -OCH3 is 2. The van der Waals surface area contributed by atoms with E-state index in [9.17, 15) is 14.7 Å². The summed E-state index contributed by atoms with van der Waals surface area (Å²) in [6.45, 7) is 0. The van der Waals surface area contributed by atoms with Gasteiger partial charge in [-0.2, -0.15) is 0 Å². The Morgan fingerprint density at radius 2 is 2.00 bits per heavy atom. The van der Waals surface area contributed by atoms with Gasteiger partial charge in [0.25, 0.3) is 0 Å². The molecule has 130 valence electrons. The molecule has 2 aromatic rings. The van der Waals surface area contributed by atoms with E-state index >= 15 is 0 Å². The molecular formula is C17H14NO7-. The van der Waals surface area contributed by atoms with Crippen LogP contribution < -0.4 is 19.9 Å². The zero-order valence-corrected chi connectivity index (χ0v) is 13.4. The molecule has 8 nitrogen and oxygen atoms in total. The van der Waals surface area contributed by atoms with Crippen molar-refractivity contribution in [2.75, 3.05) is 19.5 Å². The third-order valence-electron chi connectivity index (χ3n) is 3.80. The van der Waals surface area contributed by atoms with Crippen molar-refractivity contribution in [1.29, 1.82) is 0 Å². The van der Waals surface area contributed by atoms with E-state index in [1.54, 1.807) is 12.1 Å². The van der Waals surface area contributed by atoms with Gasteiger partial charge in [0.15, 0.2) is 11.5 Å². The highest BCUT2D eigenvalue weighted by Gasteiger charge is 2.35. The number of hydrogen-bond donors (Lipinski definition) is 2. The van der Waals surface area contributed by atoms with E-state index < -0.39 is 23.9 Å². The minimum absolute atomic E-state index is 0.240. The molecule has 1 atom stereocenters. The van der Waals surface area contributed by atoms with Gasteiger partial charge in [-0.25, -0.2) is 9.59 Å². The largest absolute Gasteiger partial charge is 0.872 e. The first-order valence-corrected chi connectivity index (χ1v) is 7.23. The summed E-state index contributed by atoms with van der Waals surface area (Å²) >= 11 is 0. The molecule has 1 heterocycles. The number of carboxylic acids is 1. The fraction of sp³-hybridized carbons (Fsp3) is 0.176. The summed E-state index contributed by atoms with van der Waals surface area (Å²) in [5.74, 6) is -1.88. The van der Waals surface area contributed by atoms with Crippen molar-refractivity contribution in [2.45, 2.75) is 6.23 Å². The van der Waals surface area contributed by atoms with Gasteiger partial charge in [0, 0.05) is 11.3 Å². The van der Waals surface area contributed by atoms with Crippen LogP contribution in [0.3, 0.4) is 0 Å². The Bertz CT molecular complexity index is 862. The SMILES string of the molecule is COc1ccc2c(c1OC)C(=O)O[C@H]2Nc1ccc(C(=O)O)c([O-])c1. The van der Waals surface area contributed by atoms with Crippen molar-refractivity contribution in [3.05, 3.63) is 47.0 Å². The van der Waals surface area contributed by atoms with Crippen LogP contribution in [0, 0.1) is 0 Å². The number of carbonyl (C=O) groups is 2. The number of cyclic esters (lactones) is 1. The van der Waals surface area contributed by atoms with Crippen molar-refractivity contribution < 1.29 is 34.0 Å². The molecule has 0 saturated carbocycles. The lowest BCUT2D eigenvalue weighted by molar-refractivity contribution is -0.268. The third-order valence-corrected chi connectivity index (χ3v) is 3.80. The maximum absolute atomic E-state index is 12.2. The van der Waals surface area contributed by atoms with Gasteiger partial charge >= 0.3 is 11.9 Å². The lowest BCUT2D eigenvalue weighted by atomic mass is 10.1. The van der Waals surface area contributed by atoms with E-state index in [0.717, 1.165) is 6.07 Å². The highest BCUT2D eigenvalue weighted by Crippen LogP contribution is 2.42. The van der Waals surface area contributed by atoms with E-state index in [0.29, 0.717) is 17.0 Å². The van der Waals surface area contributed by atoms with Crippen molar-refractivity contribution in [1.82, 2.24) is 0 Å². The van der Waals surface area contributed by atoms with Crippen molar-refractivity contribution in [3.63, 3.8) is 0 Å². The quantitative estimate of drug-likeness (QED) is 0.788. The summed E-state index contributed by atoms with van der Waals surface area (Å²) in [5.41, 5.74) is 0.762. The van der Waals surface area contributed by atoms with E-state index in [2.05, 4.69) is 5.32 Å². The van der Waals surface area contributed by atoms with Gasteiger partial charge in [0.05, 0.1) is 19.8 Å². The zero-order chi connectivity index (χ0) is 18.1. The number of benzene rings is 2. The van der Waals surface area contributed by atoms with Gasteiger partial charge in [-0.1, -0.05) is 5.75 Å². The number of carbonyl (C=O) groups excluding carboxylic acids is 1. The maximum Gasteiger partial charge on any atom is 0.344 e. The first-order valence-electron chi connectivity index (χ1n) is 7.23. The number of nitrogens with one attached hydrogen (secondary N) is 1. The van der Waals surface area contributed by atoms with Crippen molar-refractivity contribution in [2.24, 2.45) is 0 Å². The highest BCUT2D eigenvalue weighted by molar-refractivity contribution is 5.98. The van der Waals surface area contributed by atoms with Gasteiger partial charge < -0.3 is 29.7 Å². The Kier molecular flexibility index (Phi) is 4.10. The number of carboxylic acid groups (broad SMARTS) is 1. The summed E-state index contributed by atoms with van der Waals surface area (Å²) < 4.78 is 15.7. The zero-order valence-electron chi connectivity index (χ0n) is 13.4. The summed E-state index contributed by atoms with van der Waals surface area (Å²) in [6.07, 6.45) is -0.836. The minimum atomic E-state index is -1.30. The summed E-state index contributed by atoms with van der Waals surface area (Å²) in [5, 5.41) is 23.6. The van der Waals surface area contributed by atoms with Crippen LogP contribution >= 0.6 is 0 Å². The van der Waals surface area contributed by atoms with Crippen molar-refractivity contribution in [3.8, 4) is 17.2 Å². The molecule has 0 unspecified atom stereocenters. The van der Waals surface area contributed by atoms with Crippen LogP contribution in [0.15, 0.2) is 30.3 Å². The molecule has 25 heavy (non-hydrogen) atoms. The molecule has 0 bridgehead atoms. The molecule has 1 aliphatic rings. The Morgan fingerprint density at radius 3 is 2.60 bits per heavy atom. The lowest BCUT2D eigenvalue weighted by Gasteiger charge is -2.18. The molecule has 2 aromatic carbocycles. The Morgan fingerprint density at radius 1 is 1.24 bits per heavy atom. The third kappa shape index (κ3) is 2.78. The number of esters is 1. The van der Waals surface area contributed by atoms with Crippen LogP contribution in [0.4, 0.5) is 5.69 Å². The van der Waals surface area contributed by atoms with Gasteiger partial charge in [-0.15, -0.1) is 0 Å². The van der Waals surface area contributed by atoms with Crippen LogP contribution in [0.1, 0.15) is 32.5 Å². The molecule has 0 saturated heterocycles. The molecular weight excluding hydrogens is 330 g/mol. The normalized spacial score (nSPS) is 15.3. The van der Waals surface area contributed by atoms with Crippen molar-refractivity contribution >= 4 is 17.6 Å². The minimum Gasteiger partial charge on any atom is -0.872 e. The number of aromatic carboxylic acids is 1. The second-order valence-corrected chi connectivity index (χ2v) is 5.21. The molecule has 0 aliphatic carbocycles. The standard InChI is InChI=1S/C17H15NO7/c1-23-12-6-5-10-13(14(12)24-2)17(22)25-15(10)18-8-3-4-9(16(20)21)11(19)7-8/h3-7,15,18-19H,1-2H3,(H,20,21)/p-1/t15-/m1/s1. The molecule has 8 heteroatoms. The Balaban J connectivity index is 1.94. The topological polar surface area (TPSA) is 117 Å². The molecule has 0 spiro atoms. The fourth-order valence-electron chi connectivity index (χ4n) is 2.65. The molecule has 1 aliphatic heterocycles. The van der Waals surface area contributed by atoms with Crippen LogP contribution in [0.5, 0.6) is 17.2 Å². The Labute approximate surface area is 142 Å². The second-order valence-electron chi connectivity index (χ2n) is 5.21. The first kappa shape index (κ1) is 16.4. The second kappa shape index (κ2) is 6.23. The number of ether oxygens (including phenoxy) is 3. The van der Waals surface area contributed by atoms with Gasteiger partial charge in [0.2, 0.25) is 6.23 Å². The number of rotatable bonds is 5. The molecule has 0 fully saturated rings. The predicted octanol–water partition coefficient (Wildman–Crippen LogP) is 1.76. The smallest absolute Gasteiger partial charge is 0.344 e. The molecule has 2 N–H and O–H groups in total. The molecule has 0 aromatic heterocycles. The summed E-state index contributed by atoms with van der Waals surface area (Å²) in [4.78, 5) is 23.1. The number of anilines is 1. The Hall–Kier alpha value is -3.42. The van der Waals surface area contributed by atoms with Crippen LogP contribution in [-0.4, -0.2) is 31.3 Å². The van der Waals surface area contributed by atoms with Gasteiger partial charge in [-0.3, -0.25) is 0 Å². The highest BCUT2D eigenvalue weighted by atomic mass is 16.6. The van der Waals surface area contributed by atoms with E-state index in [4.69, 9.17) is 19.3 Å². The van der Waals surface area contributed by atoms with Crippen LogP contribution in [0.2, 0.25) is 0 Å². The van der Waals surface area contributed by atoms with Gasteiger partial charge in [0.1, 0.15) is 5.56 Å². The van der Waals surface area contributed by atoms with Gasteiger partial charge in [-0.05, 0) is 30.3 Å². The predicted molar refractivity (Wildman–Crippen MR) is 84.2 cm³/mol. The molecule has 0 radical (unpaired) electrons. The molecule has 0 amide bonds. The molecule has 3 rings (SSSR count). The maximum atomic E-state index is 12.2. The van der Waals surface area contributed by atoms with Crippen LogP contribution in [0.25, 0.3) is 0 Å². The van der Waals surface area contributed by atoms with E-state index in [-0.39, 0.29) is 16.9 Å². The van der Waals surface area contributed by atoms with E-state index in [1.807, 2.05) is 0 Å².